The number of aliphatic hydroxyl groups is 1. The van der Waals surface area contributed by atoms with Crippen LogP contribution in [0.3, 0.4) is 0 Å². The average Bonchev–Trinajstić information content (AvgIpc) is 2.99. The second kappa shape index (κ2) is 9.20. The van der Waals surface area contributed by atoms with Gasteiger partial charge in [-0.25, -0.2) is 0 Å². The van der Waals surface area contributed by atoms with Gasteiger partial charge < -0.3 is 14.9 Å². The van der Waals surface area contributed by atoms with Gasteiger partial charge >= 0.3 is 0 Å². The van der Waals surface area contributed by atoms with E-state index in [-0.39, 0.29) is 11.3 Å². The molecule has 2 heterocycles. The number of ketones is 1. The number of amides is 1. The maximum atomic E-state index is 12.9. The van der Waals surface area contributed by atoms with E-state index in [0.717, 1.165) is 13.1 Å². The number of rotatable bonds is 7. The number of aliphatic hydroxyl groups excluding tert-OH is 1. The molecule has 0 spiro atoms. The first-order valence-electron chi connectivity index (χ1n) is 9.64. The maximum Gasteiger partial charge on any atom is 0.295 e. The molecule has 1 aromatic carbocycles. The van der Waals surface area contributed by atoms with Crippen LogP contribution >= 0.6 is 11.6 Å². The minimum atomic E-state index is -0.697. The van der Waals surface area contributed by atoms with Gasteiger partial charge in [-0.15, -0.1) is 0 Å². The first-order chi connectivity index (χ1) is 14.0. The largest absolute Gasteiger partial charge is 0.507 e. The van der Waals surface area contributed by atoms with Gasteiger partial charge in [-0.3, -0.25) is 14.6 Å². The van der Waals surface area contributed by atoms with E-state index in [9.17, 15) is 14.7 Å². The van der Waals surface area contributed by atoms with E-state index in [1.807, 2.05) is 6.07 Å². The van der Waals surface area contributed by atoms with Crippen LogP contribution in [-0.2, 0) is 9.59 Å². The fraction of sp³-hybridized carbons (Fsp3) is 0.318. The van der Waals surface area contributed by atoms with Gasteiger partial charge in [-0.05, 0) is 42.9 Å². The Balaban J connectivity index is 2.09. The van der Waals surface area contributed by atoms with Crippen molar-refractivity contribution in [3.63, 3.8) is 0 Å². The van der Waals surface area contributed by atoms with E-state index >= 15 is 0 Å². The lowest BCUT2D eigenvalue weighted by Crippen LogP contribution is -2.38. The Hall–Kier alpha value is -2.70. The van der Waals surface area contributed by atoms with Gasteiger partial charge in [0.15, 0.2) is 0 Å². The number of likely N-dealkylation sites (tertiary alicyclic amines) is 1. The first kappa shape index (κ1) is 21.0. The van der Waals surface area contributed by atoms with E-state index in [4.69, 9.17) is 11.6 Å². The number of likely N-dealkylation sites (N-methyl/N-ethyl adjacent to an activating group) is 1. The van der Waals surface area contributed by atoms with Crippen molar-refractivity contribution in [1.29, 1.82) is 0 Å². The van der Waals surface area contributed by atoms with Crippen LogP contribution in [0.4, 0.5) is 0 Å². The van der Waals surface area contributed by atoms with Crippen LogP contribution in [-0.4, -0.2) is 57.8 Å². The molecular formula is C22H24ClN3O3. The van der Waals surface area contributed by atoms with Crippen molar-refractivity contribution >= 4 is 29.1 Å². The lowest BCUT2D eigenvalue weighted by molar-refractivity contribution is -0.140. The van der Waals surface area contributed by atoms with Gasteiger partial charge in [0.1, 0.15) is 5.76 Å². The smallest absolute Gasteiger partial charge is 0.295 e. The highest BCUT2D eigenvalue weighted by Crippen LogP contribution is 2.39. The number of carbonyl (C=O) groups is 2. The second-order valence-corrected chi connectivity index (χ2v) is 7.25. The molecule has 1 aliphatic heterocycles. The Labute approximate surface area is 175 Å². The van der Waals surface area contributed by atoms with Crippen molar-refractivity contribution in [3.8, 4) is 0 Å². The number of hydrogen-bond donors (Lipinski definition) is 1. The number of aromatic nitrogens is 1. The van der Waals surface area contributed by atoms with Crippen molar-refractivity contribution < 1.29 is 14.7 Å². The highest BCUT2D eigenvalue weighted by Gasteiger charge is 2.46. The zero-order valence-electron chi connectivity index (χ0n) is 16.5. The topological polar surface area (TPSA) is 73.7 Å². The molecule has 1 N–H and O–H groups in total. The van der Waals surface area contributed by atoms with Gasteiger partial charge in [-0.2, -0.15) is 0 Å². The van der Waals surface area contributed by atoms with E-state index < -0.39 is 17.7 Å². The van der Waals surface area contributed by atoms with Gasteiger partial charge in [-0.1, -0.05) is 37.6 Å². The quantitative estimate of drug-likeness (QED) is 0.427. The summed E-state index contributed by atoms with van der Waals surface area (Å²) < 4.78 is 0. The highest BCUT2D eigenvalue weighted by molar-refractivity contribution is 6.46. The molecule has 2 aromatic rings. The molecule has 1 aromatic heterocycles. The summed E-state index contributed by atoms with van der Waals surface area (Å²) in [6.07, 6.45) is 3.06. The van der Waals surface area contributed by atoms with Crippen molar-refractivity contribution in [2.24, 2.45) is 0 Å². The minimum Gasteiger partial charge on any atom is -0.507 e. The number of hydrogen-bond acceptors (Lipinski definition) is 5. The standard InChI is InChI=1S/C22H24ClN3O3/c1-3-25(4-2)12-13-26-19(16-6-5-7-17(23)14-16)18(21(28)22(26)29)20(27)15-8-10-24-11-9-15/h5-11,14,19,27H,3-4,12-13H2,1-2H3/t19-/m1/s1. The molecule has 1 aliphatic rings. The number of Topliss-reactive ketones (excluding diaryl/α,β-unsaturated/α-hetero) is 1. The number of carbonyl (C=O) groups excluding carboxylic acids is 2. The lowest BCUT2D eigenvalue weighted by Gasteiger charge is -2.28. The summed E-state index contributed by atoms with van der Waals surface area (Å²) in [6, 6.07) is 9.55. The Morgan fingerprint density at radius 2 is 1.86 bits per heavy atom. The van der Waals surface area contributed by atoms with Gasteiger partial charge in [0.05, 0.1) is 11.6 Å². The molecule has 0 bridgehead atoms. The molecule has 29 heavy (non-hydrogen) atoms. The van der Waals surface area contributed by atoms with Crippen LogP contribution in [0.5, 0.6) is 0 Å². The molecular weight excluding hydrogens is 390 g/mol. The molecule has 7 heteroatoms. The Morgan fingerprint density at radius 3 is 2.48 bits per heavy atom. The summed E-state index contributed by atoms with van der Waals surface area (Å²) in [5.74, 6) is -1.51. The molecule has 0 saturated carbocycles. The van der Waals surface area contributed by atoms with Crippen LogP contribution in [0, 0.1) is 0 Å². The molecule has 1 atom stereocenters. The number of halogens is 1. The molecule has 1 saturated heterocycles. The Kier molecular flexibility index (Phi) is 6.67. The molecule has 1 amide bonds. The van der Waals surface area contributed by atoms with Crippen molar-refractivity contribution in [2.45, 2.75) is 19.9 Å². The van der Waals surface area contributed by atoms with Crippen molar-refractivity contribution in [1.82, 2.24) is 14.8 Å². The average molecular weight is 414 g/mol. The van der Waals surface area contributed by atoms with Crippen LogP contribution in [0.15, 0.2) is 54.4 Å². The molecule has 0 unspecified atom stereocenters. The summed E-state index contributed by atoms with van der Waals surface area (Å²) in [7, 11) is 0. The highest BCUT2D eigenvalue weighted by atomic mass is 35.5. The predicted octanol–water partition coefficient (Wildman–Crippen LogP) is 3.50. The lowest BCUT2D eigenvalue weighted by atomic mass is 9.95. The summed E-state index contributed by atoms with van der Waals surface area (Å²) in [4.78, 5) is 33.4. The van der Waals surface area contributed by atoms with Crippen LogP contribution in [0.25, 0.3) is 5.76 Å². The third-order valence-electron chi connectivity index (χ3n) is 5.21. The van der Waals surface area contributed by atoms with Crippen LogP contribution in [0.1, 0.15) is 31.0 Å². The van der Waals surface area contributed by atoms with Crippen molar-refractivity contribution in [3.05, 3.63) is 70.5 Å². The fourth-order valence-electron chi connectivity index (χ4n) is 3.59. The first-order valence-corrected chi connectivity index (χ1v) is 10.0. The third kappa shape index (κ3) is 4.33. The molecule has 0 radical (unpaired) electrons. The number of pyridine rings is 1. The summed E-state index contributed by atoms with van der Waals surface area (Å²) in [5.41, 5.74) is 1.20. The van der Waals surface area contributed by atoms with E-state index in [1.54, 1.807) is 30.3 Å². The molecule has 0 aliphatic carbocycles. The second-order valence-electron chi connectivity index (χ2n) is 6.81. The zero-order chi connectivity index (χ0) is 21.0. The van der Waals surface area contributed by atoms with Crippen LogP contribution < -0.4 is 0 Å². The van der Waals surface area contributed by atoms with E-state index in [1.165, 1.54) is 17.3 Å². The van der Waals surface area contributed by atoms with Gasteiger partial charge in [0, 0.05) is 36.1 Å². The number of benzene rings is 1. The summed E-state index contributed by atoms with van der Waals surface area (Å²) in [5, 5.41) is 11.4. The van der Waals surface area contributed by atoms with E-state index in [2.05, 4.69) is 23.7 Å². The summed E-state index contributed by atoms with van der Waals surface area (Å²) in [6.45, 7) is 6.80. The maximum absolute atomic E-state index is 12.9. The van der Waals surface area contributed by atoms with E-state index in [0.29, 0.717) is 29.2 Å². The fourth-order valence-corrected chi connectivity index (χ4v) is 3.79. The van der Waals surface area contributed by atoms with Crippen molar-refractivity contribution in [2.75, 3.05) is 26.2 Å². The van der Waals surface area contributed by atoms with Gasteiger partial charge in [0.2, 0.25) is 0 Å². The number of nitrogens with zero attached hydrogens (tertiary/aromatic N) is 3. The van der Waals surface area contributed by atoms with Crippen LogP contribution in [0.2, 0.25) is 5.02 Å². The molecule has 1 fully saturated rings. The SMILES string of the molecule is CCN(CC)CCN1C(=O)C(=O)C(=C(O)c2ccncc2)[C@H]1c1cccc(Cl)c1. The molecule has 3 rings (SSSR count). The predicted molar refractivity (Wildman–Crippen MR) is 112 cm³/mol. The van der Waals surface area contributed by atoms with Gasteiger partial charge in [0.25, 0.3) is 11.7 Å². The summed E-state index contributed by atoms with van der Waals surface area (Å²) >= 11 is 6.18. The Bertz CT molecular complexity index is 926. The Morgan fingerprint density at radius 1 is 1.17 bits per heavy atom. The molecule has 152 valence electrons. The minimum absolute atomic E-state index is 0.0722. The third-order valence-corrected chi connectivity index (χ3v) is 5.44. The molecule has 6 nitrogen and oxygen atoms in total. The monoisotopic (exact) mass is 413 g/mol. The zero-order valence-corrected chi connectivity index (χ0v) is 17.3. The normalized spacial score (nSPS) is 18.6.